The average molecular weight is 240 g/mol. The average Bonchev–Trinajstić information content (AvgIpc) is 2.08. The Kier molecular flexibility index (Phi) is 4.03. The van der Waals surface area contributed by atoms with E-state index in [0.29, 0.717) is 0 Å². The van der Waals surface area contributed by atoms with Gasteiger partial charge in [0, 0.05) is 16.7 Å². The minimum atomic E-state index is 0.942. The van der Waals surface area contributed by atoms with Gasteiger partial charge in [0.1, 0.15) is 0 Å². The van der Waals surface area contributed by atoms with Crippen molar-refractivity contribution in [2.24, 2.45) is 0 Å². The smallest absolute Gasteiger partial charge is 0.0484 e. The standard InChI is InChI=1S/C11H14BrN/c1-9(2)7-8-13-11-6-4-3-5-10(11)12/h3-6,13H,1,7-8H2,2H3. The van der Waals surface area contributed by atoms with Crippen molar-refractivity contribution >= 4 is 21.6 Å². The predicted molar refractivity (Wildman–Crippen MR) is 62.1 cm³/mol. The van der Waals surface area contributed by atoms with Crippen molar-refractivity contribution in [1.29, 1.82) is 0 Å². The largest absolute Gasteiger partial charge is 0.384 e. The van der Waals surface area contributed by atoms with Crippen LogP contribution in [0.1, 0.15) is 13.3 Å². The molecule has 2 heteroatoms. The fourth-order valence-electron chi connectivity index (χ4n) is 1.02. The van der Waals surface area contributed by atoms with E-state index in [1.165, 1.54) is 5.57 Å². The van der Waals surface area contributed by atoms with Gasteiger partial charge in [-0.25, -0.2) is 0 Å². The zero-order valence-corrected chi connectivity index (χ0v) is 9.39. The minimum Gasteiger partial charge on any atom is -0.384 e. The summed E-state index contributed by atoms with van der Waals surface area (Å²) in [4.78, 5) is 0. The summed E-state index contributed by atoms with van der Waals surface area (Å²) < 4.78 is 1.11. The lowest BCUT2D eigenvalue weighted by Crippen LogP contribution is -2.01. The molecule has 13 heavy (non-hydrogen) atoms. The number of halogens is 1. The minimum absolute atomic E-state index is 0.942. The first-order valence-corrected chi connectivity index (χ1v) is 5.12. The lowest BCUT2D eigenvalue weighted by atomic mass is 10.2. The molecule has 1 rings (SSSR count). The zero-order chi connectivity index (χ0) is 9.68. The van der Waals surface area contributed by atoms with Crippen LogP contribution in [0.3, 0.4) is 0 Å². The van der Waals surface area contributed by atoms with Gasteiger partial charge < -0.3 is 5.32 Å². The quantitative estimate of drug-likeness (QED) is 0.788. The summed E-state index contributed by atoms with van der Waals surface area (Å²) in [5, 5.41) is 3.34. The van der Waals surface area contributed by atoms with Gasteiger partial charge in [-0.05, 0) is 41.4 Å². The van der Waals surface area contributed by atoms with Gasteiger partial charge in [0.15, 0.2) is 0 Å². The highest BCUT2D eigenvalue weighted by Crippen LogP contribution is 2.20. The molecule has 0 amide bonds. The molecule has 0 spiro atoms. The molecule has 1 N–H and O–H groups in total. The van der Waals surface area contributed by atoms with Gasteiger partial charge in [0.25, 0.3) is 0 Å². The van der Waals surface area contributed by atoms with Crippen LogP contribution in [0.4, 0.5) is 5.69 Å². The fourth-order valence-corrected chi connectivity index (χ4v) is 1.44. The summed E-state index contributed by atoms with van der Waals surface area (Å²) in [7, 11) is 0. The molecule has 0 unspecified atom stereocenters. The van der Waals surface area contributed by atoms with Gasteiger partial charge in [0.05, 0.1) is 0 Å². The van der Waals surface area contributed by atoms with Gasteiger partial charge in [-0.3, -0.25) is 0 Å². The molecule has 1 aromatic rings. The number of benzene rings is 1. The van der Waals surface area contributed by atoms with Crippen LogP contribution in [0.2, 0.25) is 0 Å². The Hall–Kier alpha value is -0.760. The van der Waals surface area contributed by atoms with E-state index in [0.717, 1.165) is 23.1 Å². The third-order valence-corrected chi connectivity index (χ3v) is 2.43. The number of para-hydroxylation sites is 1. The second-order valence-electron chi connectivity index (χ2n) is 3.11. The highest BCUT2D eigenvalue weighted by molar-refractivity contribution is 9.10. The Labute approximate surface area is 88.0 Å². The number of nitrogens with one attached hydrogen (secondary N) is 1. The van der Waals surface area contributed by atoms with Gasteiger partial charge in [-0.2, -0.15) is 0 Å². The monoisotopic (exact) mass is 239 g/mol. The molecule has 0 heterocycles. The maximum absolute atomic E-state index is 3.86. The highest BCUT2D eigenvalue weighted by atomic mass is 79.9. The molecular weight excluding hydrogens is 226 g/mol. The van der Waals surface area contributed by atoms with E-state index >= 15 is 0 Å². The molecule has 0 saturated carbocycles. The first kappa shape index (κ1) is 10.3. The normalized spacial score (nSPS) is 9.69. The lowest BCUT2D eigenvalue weighted by Gasteiger charge is -2.07. The fraction of sp³-hybridized carbons (Fsp3) is 0.273. The van der Waals surface area contributed by atoms with Gasteiger partial charge in [0.2, 0.25) is 0 Å². The zero-order valence-electron chi connectivity index (χ0n) is 7.81. The summed E-state index contributed by atoms with van der Waals surface area (Å²) in [6.45, 7) is 6.84. The molecule has 0 aliphatic rings. The molecule has 0 fully saturated rings. The van der Waals surface area contributed by atoms with E-state index in [-0.39, 0.29) is 0 Å². The molecule has 0 saturated heterocycles. The van der Waals surface area contributed by atoms with Crippen LogP contribution in [-0.2, 0) is 0 Å². The van der Waals surface area contributed by atoms with Crippen molar-refractivity contribution < 1.29 is 0 Å². The first-order chi connectivity index (χ1) is 6.20. The molecule has 70 valence electrons. The Bertz CT molecular complexity index is 294. The van der Waals surface area contributed by atoms with Crippen molar-refractivity contribution in [3.8, 4) is 0 Å². The highest BCUT2D eigenvalue weighted by Gasteiger charge is 1.95. The molecule has 0 aliphatic carbocycles. The summed E-state index contributed by atoms with van der Waals surface area (Å²) in [5.41, 5.74) is 2.35. The number of rotatable bonds is 4. The van der Waals surface area contributed by atoms with Gasteiger partial charge in [-0.1, -0.05) is 17.7 Å². The predicted octanol–water partition coefficient (Wildman–Crippen LogP) is 3.83. The topological polar surface area (TPSA) is 12.0 Å². The molecular formula is C11H14BrN. The van der Waals surface area contributed by atoms with E-state index < -0.39 is 0 Å². The van der Waals surface area contributed by atoms with E-state index in [2.05, 4.69) is 33.9 Å². The van der Waals surface area contributed by atoms with Crippen LogP contribution in [0, 0.1) is 0 Å². The second kappa shape index (κ2) is 5.07. The molecule has 1 nitrogen and oxygen atoms in total. The molecule has 0 aromatic heterocycles. The van der Waals surface area contributed by atoms with E-state index in [1.807, 2.05) is 25.1 Å². The Morgan fingerprint density at radius 1 is 1.46 bits per heavy atom. The Morgan fingerprint density at radius 2 is 2.15 bits per heavy atom. The van der Waals surface area contributed by atoms with Crippen LogP contribution < -0.4 is 5.32 Å². The summed E-state index contributed by atoms with van der Waals surface area (Å²) in [6.07, 6.45) is 1.02. The third-order valence-electron chi connectivity index (χ3n) is 1.74. The first-order valence-electron chi connectivity index (χ1n) is 4.33. The van der Waals surface area contributed by atoms with E-state index in [4.69, 9.17) is 0 Å². The van der Waals surface area contributed by atoms with Crippen LogP contribution in [0.5, 0.6) is 0 Å². The van der Waals surface area contributed by atoms with Gasteiger partial charge >= 0.3 is 0 Å². The van der Waals surface area contributed by atoms with Crippen molar-refractivity contribution in [2.45, 2.75) is 13.3 Å². The molecule has 0 bridgehead atoms. The number of hydrogen-bond acceptors (Lipinski definition) is 1. The molecule has 1 aromatic carbocycles. The third kappa shape index (κ3) is 3.64. The van der Waals surface area contributed by atoms with Crippen LogP contribution >= 0.6 is 15.9 Å². The van der Waals surface area contributed by atoms with Crippen molar-refractivity contribution in [2.75, 3.05) is 11.9 Å². The molecule has 0 atom stereocenters. The SMILES string of the molecule is C=C(C)CCNc1ccccc1Br. The Morgan fingerprint density at radius 3 is 2.77 bits per heavy atom. The van der Waals surface area contributed by atoms with Crippen LogP contribution in [0.15, 0.2) is 40.9 Å². The van der Waals surface area contributed by atoms with Crippen LogP contribution in [0.25, 0.3) is 0 Å². The van der Waals surface area contributed by atoms with Crippen molar-refractivity contribution in [1.82, 2.24) is 0 Å². The van der Waals surface area contributed by atoms with Crippen molar-refractivity contribution in [3.63, 3.8) is 0 Å². The summed E-state index contributed by atoms with van der Waals surface area (Å²) in [5.74, 6) is 0. The molecule has 0 aliphatic heterocycles. The van der Waals surface area contributed by atoms with E-state index in [1.54, 1.807) is 0 Å². The summed E-state index contributed by atoms with van der Waals surface area (Å²) >= 11 is 3.48. The van der Waals surface area contributed by atoms with Crippen LogP contribution in [-0.4, -0.2) is 6.54 Å². The lowest BCUT2D eigenvalue weighted by molar-refractivity contribution is 1.00. The Balaban J connectivity index is 2.45. The molecule has 0 radical (unpaired) electrons. The number of anilines is 1. The summed E-state index contributed by atoms with van der Waals surface area (Å²) in [6, 6.07) is 8.12. The second-order valence-corrected chi connectivity index (χ2v) is 3.97. The van der Waals surface area contributed by atoms with E-state index in [9.17, 15) is 0 Å². The number of hydrogen-bond donors (Lipinski definition) is 1. The van der Waals surface area contributed by atoms with Crippen molar-refractivity contribution in [3.05, 3.63) is 40.9 Å². The maximum atomic E-state index is 3.86. The maximum Gasteiger partial charge on any atom is 0.0484 e. The van der Waals surface area contributed by atoms with Gasteiger partial charge in [-0.15, -0.1) is 6.58 Å².